The van der Waals surface area contributed by atoms with E-state index in [9.17, 15) is 4.79 Å². The Kier molecular flexibility index (Phi) is 2.84. The average molecular weight is 249 g/mol. The molecule has 2 aliphatic rings. The maximum Gasteiger partial charge on any atom is 0.302 e. The number of aromatic nitrogens is 3. The van der Waals surface area contributed by atoms with E-state index in [1.54, 1.807) is 0 Å². The number of carbonyl (C=O) groups excluding carboxylic acids is 1. The normalized spacial score (nSPS) is 29.8. The molecule has 0 aliphatic heterocycles. The first-order chi connectivity index (χ1) is 8.66. The fourth-order valence-electron chi connectivity index (χ4n) is 3.37. The van der Waals surface area contributed by atoms with E-state index in [0.29, 0.717) is 12.5 Å². The number of rotatable bonds is 2. The minimum atomic E-state index is -0.163. The number of hydrogen-bond acceptors (Lipinski definition) is 4. The second-order valence-electron chi connectivity index (χ2n) is 5.48. The van der Waals surface area contributed by atoms with Crippen molar-refractivity contribution in [3.05, 3.63) is 11.4 Å². The van der Waals surface area contributed by atoms with Crippen molar-refractivity contribution in [1.29, 1.82) is 0 Å². The van der Waals surface area contributed by atoms with Gasteiger partial charge in [0.25, 0.3) is 0 Å². The van der Waals surface area contributed by atoms with E-state index in [4.69, 9.17) is 4.74 Å². The molecule has 5 heteroatoms. The molecule has 0 N–H and O–H groups in total. The van der Waals surface area contributed by atoms with Gasteiger partial charge in [-0.25, -0.2) is 0 Å². The zero-order valence-electron chi connectivity index (χ0n) is 10.9. The molecule has 0 spiro atoms. The van der Waals surface area contributed by atoms with E-state index >= 15 is 0 Å². The third-order valence-corrected chi connectivity index (χ3v) is 4.44. The minimum Gasteiger partial charge on any atom is -0.466 e. The van der Waals surface area contributed by atoms with Crippen LogP contribution in [0.5, 0.6) is 0 Å². The van der Waals surface area contributed by atoms with Crippen LogP contribution in [0.1, 0.15) is 31.2 Å². The van der Waals surface area contributed by atoms with Crippen LogP contribution in [0.3, 0.4) is 0 Å². The molecule has 3 rings (SSSR count). The summed E-state index contributed by atoms with van der Waals surface area (Å²) in [7, 11) is 1.97. The van der Waals surface area contributed by atoms with Crippen molar-refractivity contribution in [2.75, 3.05) is 6.61 Å². The Morgan fingerprint density at radius 2 is 2.11 bits per heavy atom. The molecule has 1 aromatic rings. The van der Waals surface area contributed by atoms with Gasteiger partial charge in [0.1, 0.15) is 0 Å². The summed E-state index contributed by atoms with van der Waals surface area (Å²) < 4.78 is 7.05. The molecule has 98 valence electrons. The van der Waals surface area contributed by atoms with Gasteiger partial charge in [0.15, 0.2) is 0 Å². The van der Waals surface area contributed by atoms with Crippen LogP contribution in [0.2, 0.25) is 0 Å². The van der Waals surface area contributed by atoms with Crippen molar-refractivity contribution in [3.8, 4) is 0 Å². The second kappa shape index (κ2) is 4.37. The van der Waals surface area contributed by atoms with E-state index in [0.717, 1.165) is 36.8 Å². The standard InChI is InChI=1S/C13H19N3O2/c1-8(17)18-7-11-9-3-5-12-13(6-4-10(9)11)16(2)15-14-12/h9-11H,3-7H2,1-2H3. The Labute approximate surface area is 107 Å². The van der Waals surface area contributed by atoms with Gasteiger partial charge in [-0.1, -0.05) is 5.21 Å². The molecule has 1 saturated carbocycles. The molecule has 0 bridgehead atoms. The second-order valence-corrected chi connectivity index (χ2v) is 5.48. The van der Waals surface area contributed by atoms with Gasteiger partial charge in [-0.15, -0.1) is 5.10 Å². The Balaban J connectivity index is 1.63. The van der Waals surface area contributed by atoms with Gasteiger partial charge in [0.2, 0.25) is 0 Å². The first-order valence-corrected chi connectivity index (χ1v) is 6.67. The van der Waals surface area contributed by atoms with Gasteiger partial charge in [-0.3, -0.25) is 9.48 Å². The number of aryl methyl sites for hydroxylation is 2. The van der Waals surface area contributed by atoms with Crippen molar-refractivity contribution >= 4 is 5.97 Å². The SMILES string of the molecule is CC(=O)OCC1C2CCc3nnn(C)c3CCC21. The molecular formula is C13H19N3O2. The lowest BCUT2D eigenvalue weighted by atomic mass is 10.0. The number of ether oxygens (including phenoxy) is 1. The zero-order chi connectivity index (χ0) is 12.7. The van der Waals surface area contributed by atoms with Gasteiger partial charge in [-0.05, 0) is 43.4 Å². The number of nitrogens with zero attached hydrogens (tertiary/aromatic N) is 3. The van der Waals surface area contributed by atoms with Crippen molar-refractivity contribution < 1.29 is 9.53 Å². The predicted octanol–water partition coefficient (Wildman–Crippen LogP) is 1.12. The summed E-state index contributed by atoms with van der Waals surface area (Å²) in [5.41, 5.74) is 2.45. The summed E-state index contributed by atoms with van der Waals surface area (Å²) in [6.45, 7) is 2.09. The molecule has 18 heavy (non-hydrogen) atoms. The smallest absolute Gasteiger partial charge is 0.302 e. The van der Waals surface area contributed by atoms with Crippen molar-refractivity contribution in [3.63, 3.8) is 0 Å². The monoisotopic (exact) mass is 249 g/mol. The highest BCUT2D eigenvalue weighted by Crippen LogP contribution is 2.52. The molecule has 5 nitrogen and oxygen atoms in total. The lowest BCUT2D eigenvalue weighted by molar-refractivity contribution is -0.141. The lowest BCUT2D eigenvalue weighted by Gasteiger charge is -2.07. The molecule has 3 atom stereocenters. The van der Waals surface area contributed by atoms with Crippen molar-refractivity contribution in [1.82, 2.24) is 15.0 Å². The maximum absolute atomic E-state index is 10.9. The van der Waals surface area contributed by atoms with Crippen molar-refractivity contribution in [2.24, 2.45) is 24.8 Å². The Bertz CT molecular complexity index is 469. The number of fused-ring (bicyclic) bond motifs is 2. The summed E-state index contributed by atoms with van der Waals surface area (Å²) in [6.07, 6.45) is 4.39. The van der Waals surface area contributed by atoms with Crippen LogP contribution < -0.4 is 0 Å². The topological polar surface area (TPSA) is 57.0 Å². The third kappa shape index (κ3) is 2.02. The Morgan fingerprint density at radius 3 is 2.83 bits per heavy atom. The zero-order valence-corrected chi connectivity index (χ0v) is 10.9. The highest BCUT2D eigenvalue weighted by atomic mass is 16.5. The molecule has 0 radical (unpaired) electrons. The Morgan fingerprint density at radius 1 is 1.39 bits per heavy atom. The fourth-order valence-corrected chi connectivity index (χ4v) is 3.37. The van der Waals surface area contributed by atoms with E-state index in [1.165, 1.54) is 19.0 Å². The van der Waals surface area contributed by atoms with Gasteiger partial charge in [0, 0.05) is 14.0 Å². The van der Waals surface area contributed by atoms with Crippen LogP contribution in [0, 0.1) is 17.8 Å². The number of hydrogen-bond donors (Lipinski definition) is 0. The first kappa shape index (κ1) is 11.7. The lowest BCUT2D eigenvalue weighted by Crippen LogP contribution is -2.05. The van der Waals surface area contributed by atoms with Gasteiger partial charge in [0.05, 0.1) is 18.0 Å². The van der Waals surface area contributed by atoms with Crippen LogP contribution in [0.15, 0.2) is 0 Å². The summed E-state index contributed by atoms with van der Waals surface area (Å²) in [6, 6.07) is 0. The highest BCUT2D eigenvalue weighted by molar-refractivity contribution is 5.65. The van der Waals surface area contributed by atoms with Gasteiger partial charge in [-0.2, -0.15) is 0 Å². The maximum atomic E-state index is 10.9. The van der Waals surface area contributed by atoms with Crippen molar-refractivity contribution in [2.45, 2.75) is 32.6 Å². The molecule has 0 aromatic carbocycles. The van der Waals surface area contributed by atoms with E-state index < -0.39 is 0 Å². The molecule has 1 heterocycles. The summed E-state index contributed by atoms with van der Waals surface area (Å²) in [4.78, 5) is 10.9. The number of carbonyl (C=O) groups is 1. The van der Waals surface area contributed by atoms with E-state index in [-0.39, 0.29) is 5.97 Å². The first-order valence-electron chi connectivity index (χ1n) is 6.67. The van der Waals surface area contributed by atoms with E-state index in [1.807, 2.05) is 11.7 Å². The quantitative estimate of drug-likeness (QED) is 0.737. The van der Waals surface area contributed by atoms with Crippen LogP contribution in [0.25, 0.3) is 0 Å². The summed E-state index contributed by atoms with van der Waals surface area (Å²) >= 11 is 0. The molecule has 1 aromatic heterocycles. The average Bonchev–Trinajstić information content (AvgIpc) is 2.84. The molecular weight excluding hydrogens is 230 g/mol. The van der Waals surface area contributed by atoms with E-state index in [2.05, 4.69) is 10.3 Å². The number of esters is 1. The minimum absolute atomic E-state index is 0.163. The molecule has 3 unspecified atom stereocenters. The molecule has 1 fully saturated rings. The fraction of sp³-hybridized carbons (Fsp3) is 0.769. The molecule has 0 saturated heterocycles. The predicted molar refractivity (Wildman–Crippen MR) is 64.7 cm³/mol. The molecule has 0 amide bonds. The van der Waals surface area contributed by atoms with Gasteiger partial charge >= 0.3 is 5.97 Å². The van der Waals surface area contributed by atoms with Gasteiger partial charge < -0.3 is 4.74 Å². The van der Waals surface area contributed by atoms with Crippen LogP contribution in [-0.2, 0) is 29.4 Å². The largest absolute Gasteiger partial charge is 0.466 e. The molecule has 2 aliphatic carbocycles. The van der Waals surface area contributed by atoms with Crippen LogP contribution in [-0.4, -0.2) is 27.6 Å². The summed E-state index contributed by atoms with van der Waals surface area (Å²) in [5, 5.41) is 8.34. The Hall–Kier alpha value is -1.39. The highest BCUT2D eigenvalue weighted by Gasteiger charge is 2.50. The summed E-state index contributed by atoms with van der Waals surface area (Å²) in [5.74, 6) is 1.87. The van der Waals surface area contributed by atoms with Crippen LogP contribution >= 0.6 is 0 Å². The third-order valence-electron chi connectivity index (χ3n) is 4.44. The van der Waals surface area contributed by atoms with Crippen LogP contribution in [0.4, 0.5) is 0 Å².